The van der Waals surface area contributed by atoms with Gasteiger partial charge in [-0.05, 0) is 17.7 Å². The average molecular weight is 157 g/mol. The van der Waals surface area contributed by atoms with Crippen LogP contribution in [-0.2, 0) is 6.42 Å². The van der Waals surface area contributed by atoms with Crippen LogP contribution in [0, 0.1) is 11.3 Å². The van der Waals surface area contributed by atoms with Gasteiger partial charge in [-0.2, -0.15) is 5.26 Å². The summed E-state index contributed by atoms with van der Waals surface area (Å²) in [5.41, 5.74) is 2.95. The van der Waals surface area contributed by atoms with Crippen molar-refractivity contribution >= 4 is 11.0 Å². The van der Waals surface area contributed by atoms with Crippen molar-refractivity contribution in [1.82, 2.24) is 9.97 Å². The fourth-order valence-corrected chi connectivity index (χ4v) is 1.18. The molecule has 0 atom stereocenters. The molecular formula is C9H7N3. The number of nitrogens with zero attached hydrogens (tertiary/aromatic N) is 2. The van der Waals surface area contributed by atoms with E-state index in [9.17, 15) is 0 Å². The van der Waals surface area contributed by atoms with E-state index >= 15 is 0 Å². The van der Waals surface area contributed by atoms with Crippen molar-refractivity contribution < 1.29 is 0 Å². The fraction of sp³-hybridized carbons (Fsp3) is 0.111. The lowest BCUT2D eigenvalue weighted by molar-refractivity contribution is 1.27. The Hall–Kier alpha value is -1.82. The minimum absolute atomic E-state index is 0.453. The van der Waals surface area contributed by atoms with Crippen molar-refractivity contribution in [2.45, 2.75) is 6.42 Å². The molecule has 58 valence electrons. The first-order chi connectivity index (χ1) is 5.90. The van der Waals surface area contributed by atoms with Crippen molar-refractivity contribution in [2.75, 3.05) is 0 Å². The summed E-state index contributed by atoms with van der Waals surface area (Å²) in [5.74, 6) is 0. The van der Waals surface area contributed by atoms with Crippen molar-refractivity contribution in [3.05, 3.63) is 30.1 Å². The number of H-pyrrole nitrogens is 1. The van der Waals surface area contributed by atoms with Gasteiger partial charge in [0.1, 0.15) is 0 Å². The summed E-state index contributed by atoms with van der Waals surface area (Å²) in [6.45, 7) is 0. The second-order valence-corrected chi connectivity index (χ2v) is 2.59. The summed E-state index contributed by atoms with van der Waals surface area (Å²) in [4.78, 5) is 7.08. The molecule has 0 saturated heterocycles. The van der Waals surface area contributed by atoms with Crippen LogP contribution in [0.1, 0.15) is 5.56 Å². The number of imidazole rings is 1. The van der Waals surface area contributed by atoms with Gasteiger partial charge < -0.3 is 4.98 Å². The first-order valence-corrected chi connectivity index (χ1v) is 3.69. The summed E-state index contributed by atoms with van der Waals surface area (Å²) >= 11 is 0. The molecular weight excluding hydrogens is 150 g/mol. The lowest BCUT2D eigenvalue weighted by Gasteiger charge is -1.92. The molecule has 0 saturated carbocycles. The maximum absolute atomic E-state index is 8.47. The minimum atomic E-state index is 0.453. The second-order valence-electron chi connectivity index (χ2n) is 2.59. The molecule has 1 aromatic carbocycles. The molecule has 0 aliphatic carbocycles. The smallest absolute Gasteiger partial charge is 0.0931 e. The number of aromatic amines is 1. The summed E-state index contributed by atoms with van der Waals surface area (Å²) < 4.78 is 0. The molecule has 0 bridgehead atoms. The Labute approximate surface area is 69.7 Å². The van der Waals surface area contributed by atoms with Crippen LogP contribution in [0.5, 0.6) is 0 Å². The van der Waals surface area contributed by atoms with Crippen LogP contribution in [0.15, 0.2) is 24.5 Å². The normalized spacial score (nSPS) is 9.92. The molecule has 1 heterocycles. The Balaban J connectivity index is 2.54. The van der Waals surface area contributed by atoms with E-state index < -0.39 is 0 Å². The third-order valence-corrected chi connectivity index (χ3v) is 1.77. The second kappa shape index (κ2) is 2.67. The van der Waals surface area contributed by atoms with Crippen LogP contribution in [-0.4, -0.2) is 9.97 Å². The quantitative estimate of drug-likeness (QED) is 0.684. The van der Waals surface area contributed by atoms with Gasteiger partial charge in [0.15, 0.2) is 0 Å². The van der Waals surface area contributed by atoms with E-state index in [1.165, 1.54) is 0 Å². The highest BCUT2D eigenvalue weighted by Crippen LogP contribution is 2.11. The molecule has 0 aliphatic rings. The third kappa shape index (κ3) is 1.04. The zero-order valence-corrected chi connectivity index (χ0v) is 6.41. The van der Waals surface area contributed by atoms with Gasteiger partial charge in [0, 0.05) is 0 Å². The summed E-state index contributed by atoms with van der Waals surface area (Å²) in [6, 6.07) is 7.89. The largest absolute Gasteiger partial charge is 0.345 e. The van der Waals surface area contributed by atoms with E-state index in [-0.39, 0.29) is 0 Å². The average Bonchev–Trinajstić information content (AvgIpc) is 2.51. The zero-order valence-electron chi connectivity index (χ0n) is 6.41. The van der Waals surface area contributed by atoms with Crippen LogP contribution in [0.3, 0.4) is 0 Å². The lowest BCUT2D eigenvalue weighted by atomic mass is 10.1. The summed E-state index contributed by atoms with van der Waals surface area (Å²) in [6.07, 6.45) is 2.11. The van der Waals surface area contributed by atoms with Gasteiger partial charge in [-0.25, -0.2) is 4.98 Å². The molecule has 0 aliphatic heterocycles. The Morgan fingerprint density at radius 2 is 2.42 bits per heavy atom. The van der Waals surface area contributed by atoms with Crippen LogP contribution in [0.4, 0.5) is 0 Å². The van der Waals surface area contributed by atoms with Gasteiger partial charge in [0.2, 0.25) is 0 Å². The maximum atomic E-state index is 8.47. The molecule has 0 fully saturated rings. The molecule has 0 amide bonds. The predicted molar refractivity (Wildman–Crippen MR) is 45.4 cm³/mol. The maximum Gasteiger partial charge on any atom is 0.0931 e. The number of rotatable bonds is 1. The summed E-state index contributed by atoms with van der Waals surface area (Å²) in [5, 5.41) is 8.47. The van der Waals surface area contributed by atoms with Crippen LogP contribution in [0.25, 0.3) is 11.0 Å². The number of aromatic nitrogens is 2. The molecule has 2 rings (SSSR count). The molecule has 1 aromatic heterocycles. The van der Waals surface area contributed by atoms with E-state index in [1.807, 2.05) is 18.2 Å². The van der Waals surface area contributed by atoms with Gasteiger partial charge >= 0.3 is 0 Å². The van der Waals surface area contributed by atoms with Gasteiger partial charge in [0.25, 0.3) is 0 Å². The minimum Gasteiger partial charge on any atom is -0.345 e. The molecule has 1 N–H and O–H groups in total. The van der Waals surface area contributed by atoms with Crippen molar-refractivity contribution in [2.24, 2.45) is 0 Å². The number of benzene rings is 1. The van der Waals surface area contributed by atoms with Crippen LogP contribution < -0.4 is 0 Å². The monoisotopic (exact) mass is 157 g/mol. The first kappa shape index (κ1) is 6.86. The van der Waals surface area contributed by atoms with Crippen molar-refractivity contribution in [3.63, 3.8) is 0 Å². The van der Waals surface area contributed by atoms with Crippen LogP contribution >= 0.6 is 0 Å². The number of hydrogen-bond donors (Lipinski definition) is 1. The molecule has 0 spiro atoms. The van der Waals surface area contributed by atoms with Gasteiger partial charge in [0.05, 0.1) is 29.9 Å². The molecule has 2 aromatic rings. The highest BCUT2D eigenvalue weighted by Gasteiger charge is 1.96. The standard InChI is InChI=1S/C9H7N3/c10-4-3-7-1-2-8-9(5-7)12-6-11-8/h1-2,5-6H,3H2,(H,11,12). The van der Waals surface area contributed by atoms with Gasteiger partial charge in [-0.15, -0.1) is 0 Å². The van der Waals surface area contributed by atoms with Crippen molar-refractivity contribution in [3.8, 4) is 6.07 Å². The molecule has 0 unspecified atom stereocenters. The first-order valence-electron chi connectivity index (χ1n) is 3.69. The Morgan fingerprint density at radius 3 is 3.25 bits per heavy atom. The van der Waals surface area contributed by atoms with Gasteiger partial charge in [-0.1, -0.05) is 6.07 Å². The molecule has 3 nitrogen and oxygen atoms in total. The summed E-state index contributed by atoms with van der Waals surface area (Å²) in [7, 11) is 0. The highest BCUT2D eigenvalue weighted by atomic mass is 14.9. The Kier molecular flexibility index (Phi) is 1.52. The van der Waals surface area contributed by atoms with E-state index in [0.717, 1.165) is 16.6 Å². The van der Waals surface area contributed by atoms with Crippen LogP contribution in [0.2, 0.25) is 0 Å². The Morgan fingerprint density at radius 1 is 1.50 bits per heavy atom. The SMILES string of the molecule is N#CCc1ccc2nc[nH]c2c1. The van der Waals surface area contributed by atoms with E-state index in [4.69, 9.17) is 5.26 Å². The number of nitriles is 1. The molecule has 12 heavy (non-hydrogen) atoms. The number of fused-ring (bicyclic) bond motifs is 1. The molecule has 0 radical (unpaired) electrons. The third-order valence-electron chi connectivity index (χ3n) is 1.77. The predicted octanol–water partition coefficient (Wildman–Crippen LogP) is 1.63. The lowest BCUT2D eigenvalue weighted by Crippen LogP contribution is -1.80. The number of hydrogen-bond acceptors (Lipinski definition) is 2. The topological polar surface area (TPSA) is 52.5 Å². The van der Waals surface area contributed by atoms with E-state index in [2.05, 4.69) is 16.0 Å². The van der Waals surface area contributed by atoms with E-state index in [1.54, 1.807) is 6.33 Å². The number of nitrogens with one attached hydrogen (secondary N) is 1. The van der Waals surface area contributed by atoms with Crippen molar-refractivity contribution in [1.29, 1.82) is 5.26 Å². The van der Waals surface area contributed by atoms with E-state index in [0.29, 0.717) is 6.42 Å². The Bertz CT molecular complexity index is 436. The highest BCUT2D eigenvalue weighted by molar-refractivity contribution is 5.75. The molecule has 3 heteroatoms. The zero-order chi connectivity index (χ0) is 8.39. The fourth-order valence-electron chi connectivity index (χ4n) is 1.18. The van der Waals surface area contributed by atoms with Gasteiger partial charge in [-0.3, -0.25) is 0 Å².